The summed E-state index contributed by atoms with van der Waals surface area (Å²) in [4.78, 5) is 40.7. The largest absolute Gasteiger partial charge is 0.412 e. The molecule has 3 rings (SSSR count). The van der Waals surface area contributed by atoms with Crippen LogP contribution in [0.4, 0.5) is 4.79 Å². The Labute approximate surface area is 166 Å². The molecule has 0 spiro atoms. The first-order chi connectivity index (χ1) is 13.2. The Balaban J connectivity index is 1.45. The van der Waals surface area contributed by atoms with Gasteiger partial charge in [-0.05, 0) is 45.7 Å². The number of ether oxygens (including phenoxy) is 1. The Hall–Kier alpha value is -2.57. The Morgan fingerprint density at radius 3 is 2.32 bits per heavy atom. The monoisotopic (exact) mass is 387 g/mol. The van der Waals surface area contributed by atoms with Gasteiger partial charge in [0.2, 0.25) is 11.8 Å². The predicted octanol–water partition coefficient (Wildman–Crippen LogP) is 2.41. The molecule has 1 unspecified atom stereocenters. The van der Waals surface area contributed by atoms with Crippen molar-refractivity contribution in [3.05, 3.63) is 30.3 Å². The maximum atomic E-state index is 12.8. The van der Waals surface area contributed by atoms with Crippen LogP contribution >= 0.6 is 0 Å². The van der Waals surface area contributed by atoms with Gasteiger partial charge in [-0.2, -0.15) is 0 Å². The number of nitrogens with one attached hydrogen (secondary N) is 1. The quantitative estimate of drug-likeness (QED) is 0.864. The van der Waals surface area contributed by atoms with E-state index < -0.39 is 6.09 Å². The molecular weight excluding hydrogens is 358 g/mol. The first kappa shape index (κ1) is 20.2. The number of carbonyl (C=O) groups excluding carboxylic acids is 3. The summed E-state index contributed by atoms with van der Waals surface area (Å²) in [5.41, 5.74) is -0.262. The standard InChI is InChI=1S/C21H29N3O4/c1-21(2,3)24-14-15(13-18(24)25)19(26)23-11-9-16(10-12-23)22-20(27)28-17-7-5-4-6-8-17/h4-8,15-16H,9-14H2,1-3H3,(H,22,27). The minimum atomic E-state index is -0.474. The molecule has 7 heteroatoms. The van der Waals surface area contributed by atoms with Gasteiger partial charge in [-0.15, -0.1) is 0 Å². The van der Waals surface area contributed by atoms with Crippen molar-refractivity contribution < 1.29 is 19.1 Å². The fourth-order valence-corrected chi connectivity index (χ4v) is 3.82. The topological polar surface area (TPSA) is 79.0 Å². The third-order valence-corrected chi connectivity index (χ3v) is 5.37. The van der Waals surface area contributed by atoms with Crippen molar-refractivity contribution in [1.29, 1.82) is 0 Å². The molecule has 152 valence electrons. The molecule has 28 heavy (non-hydrogen) atoms. The molecule has 2 saturated heterocycles. The van der Waals surface area contributed by atoms with Crippen LogP contribution in [0.1, 0.15) is 40.0 Å². The lowest BCUT2D eigenvalue weighted by Crippen LogP contribution is -2.49. The molecule has 0 radical (unpaired) electrons. The number of nitrogens with zero attached hydrogens (tertiary/aromatic N) is 2. The molecule has 7 nitrogen and oxygen atoms in total. The molecule has 1 aromatic carbocycles. The fourth-order valence-electron chi connectivity index (χ4n) is 3.82. The van der Waals surface area contributed by atoms with Crippen molar-refractivity contribution in [3.8, 4) is 5.75 Å². The van der Waals surface area contributed by atoms with Crippen molar-refractivity contribution in [2.45, 2.75) is 51.6 Å². The number of piperidine rings is 1. The van der Waals surface area contributed by atoms with E-state index >= 15 is 0 Å². The first-order valence-corrected chi connectivity index (χ1v) is 9.86. The van der Waals surface area contributed by atoms with E-state index in [1.54, 1.807) is 29.2 Å². The van der Waals surface area contributed by atoms with E-state index in [1.807, 2.05) is 31.7 Å². The lowest BCUT2D eigenvalue weighted by molar-refractivity contribution is -0.136. The summed E-state index contributed by atoms with van der Waals surface area (Å²) in [6, 6.07) is 8.91. The molecule has 2 aliphatic heterocycles. The van der Waals surface area contributed by atoms with E-state index in [9.17, 15) is 14.4 Å². The molecule has 2 fully saturated rings. The molecule has 2 aliphatic rings. The lowest BCUT2D eigenvalue weighted by atomic mass is 10.0. The molecule has 1 N–H and O–H groups in total. The van der Waals surface area contributed by atoms with Gasteiger partial charge in [0.1, 0.15) is 5.75 Å². The van der Waals surface area contributed by atoms with Gasteiger partial charge < -0.3 is 19.9 Å². The Kier molecular flexibility index (Phi) is 5.91. The van der Waals surface area contributed by atoms with Crippen LogP contribution < -0.4 is 10.1 Å². The Morgan fingerprint density at radius 2 is 1.75 bits per heavy atom. The van der Waals surface area contributed by atoms with Crippen molar-refractivity contribution in [1.82, 2.24) is 15.1 Å². The molecular formula is C21H29N3O4. The number of hydrogen-bond donors (Lipinski definition) is 1. The van der Waals surface area contributed by atoms with E-state index in [-0.39, 0.29) is 35.7 Å². The number of para-hydroxylation sites is 1. The van der Waals surface area contributed by atoms with Crippen LogP contribution in [-0.4, -0.2) is 58.9 Å². The van der Waals surface area contributed by atoms with Gasteiger partial charge in [-0.25, -0.2) is 4.79 Å². The minimum Gasteiger partial charge on any atom is -0.410 e. The maximum absolute atomic E-state index is 12.8. The molecule has 0 saturated carbocycles. The Morgan fingerprint density at radius 1 is 1.11 bits per heavy atom. The van der Waals surface area contributed by atoms with E-state index in [0.29, 0.717) is 38.2 Å². The van der Waals surface area contributed by atoms with Crippen molar-refractivity contribution in [2.75, 3.05) is 19.6 Å². The predicted molar refractivity (Wildman–Crippen MR) is 105 cm³/mol. The molecule has 1 atom stereocenters. The van der Waals surface area contributed by atoms with Crippen molar-refractivity contribution in [3.63, 3.8) is 0 Å². The highest BCUT2D eigenvalue weighted by Crippen LogP contribution is 2.28. The third-order valence-electron chi connectivity index (χ3n) is 5.37. The van der Waals surface area contributed by atoms with E-state index in [4.69, 9.17) is 4.74 Å². The molecule has 2 heterocycles. The summed E-state index contributed by atoms with van der Waals surface area (Å²) in [6.07, 6.45) is 1.18. The summed E-state index contributed by atoms with van der Waals surface area (Å²) in [5.74, 6) is 0.331. The van der Waals surface area contributed by atoms with E-state index in [2.05, 4.69) is 5.32 Å². The van der Waals surface area contributed by atoms with Gasteiger partial charge in [0.25, 0.3) is 0 Å². The molecule has 0 bridgehead atoms. The first-order valence-electron chi connectivity index (χ1n) is 9.86. The summed E-state index contributed by atoms with van der Waals surface area (Å²) in [5, 5.41) is 2.87. The summed E-state index contributed by atoms with van der Waals surface area (Å²) < 4.78 is 5.25. The lowest BCUT2D eigenvalue weighted by Gasteiger charge is -2.34. The zero-order valence-electron chi connectivity index (χ0n) is 16.8. The third kappa shape index (κ3) is 4.82. The number of amides is 3. The number of rotatable bonds is 3. The molecule has 0 aromatic heterocycles. The van der Waals surface area contributed by atoms with Crippen molar-refractivity contribution >= 4 is 17.9 Å². The second-order valence-electron chi connectivity index (χ2n) is 8.52. The summed E-state index contributed by atoms with van der Waals surface area (Å²) in [7, 11) is 0. The highest BCUT2D eigenvalue weighted by molar-refractivity contribution is 5.89. The second kappa shape index (κ2) is 8.20. The maximum Gasteiger partial charge on any atom is 0.412 e. The van der Waals surface area contributed by atoms with Crippen LogP contribution in [0, 0.1) is 5.92 Å². The van der Waals surface area contributed by atoms with Crippen LogP contribution in [0.3, 0.4) is 0 Å². The van der Waals surface area contributed by atoms with Gasteiger partial charge in [0.05, 0.1) is 5.92 Å². The minimum absolute atomic E-state index is 0.0171. The van der Waals surface area contributed by atoms with Gasteiger partial charge in [0.15, 0.2) is 0 Å². The molecule has 0 aliphatic carbocycles. The summed E-state index contributed by atoms with van der Waals surface area (Å²) in [6.45, 7) is 7.61. The van der Waals surface area contributed by atoms with Gasteiger partial charge in [-0.3, -0.25) is 9.59 Å². The number of carbonyl (C=O) groups is 3. The van der Waals surface area contributed by atoms with Gasteiger partial charge >= 0.3 is 6.09 Å². The van der Waals surface area contributed by atoms with E-state index in [1.165, 1.54) is 0 Å². The smallest absolute Gasteiger partial charge is 0.410 e. The average Bonchev–Trinajstić information content (AvgIpc) is 3.05. The van der Waals surface area contributed by atoms with Crippen LogP contribution in [-0.2, 0) is 9.59 Å². The van der Waals surface area contributed by atoms with Gasteiger partial charge in [-0.1, -0.05) is 18.2 Å². The van der Waals surface area contributed by atoms with E-state index in [0.717, 1.165) is 0 Å². The highest BCUT2D eigenvalue weighted by atomic mass is 16.6. The fraction of sp³-hybridized carbons (Fsp3) is 0.571. The highest BCUT2D eigenvalue weighted by Gasteiger charge is 2.41. The van der Waals surface area contributed by atoms with Crippen LogP contribution in [0.5, 0.6) is 5.75 Å². The number of hydrogen-bond acceptors (Lipinski definition) is 4. The Bertz CT molecular complexity index is 721. The van der Waals surface area contributed by atoms with Gasteiger partial charge in [0, 0.05) is 37.6 Å². The normalized spacial score (nSPS) is 21.0. The average molecular weight is 387 g/mol. The zero-order chi connectivity index (χ0) is 20.3. The summed E-state index contributed by atoms with van der Waals surface area (Å²) >= 11 is 0. The zero-order valence-corrected chi connectivity index (χ0v) is 16.8. The van der Waals surface area contributed by atoms with Crippen LogP contribution in [0.15, 0.2) is 30.3 Å². The van der Waals surface area contributed by atoms with Crippen LogP contribution in [0.25, 0.3) is 0 Å². The van der Waals surface area contributed by atoms with Crippen molar-refractivity contribution in [2.24, 2.45) is 5.92 Å². The number of benzene rings is 1. The SMILES string of the molecule is CC(C)(C)N1CC(C(=O)N2CCC(NC(=O)Oc3ccccc3)CC2)CC1=O. The number of likely N-dealkylation sites (tertiary alicyclic amines) is 2. The molecule has 1 aromatic rings. The molecule has 3 amide bonds. The second-order valence-corrected chi connectivity index (χ2v) is 8.52. The van der Waals surface area contributed by atoms with Crippen LogP contribution in [0.2, 0.25) is 0 Å².